The normalized spacial score (nSPS) is 24.4. The summed E-state index contributed by atoms with van der Waals surface area (Å²) in [5, 5.41) is 2.99. The molecule has 0 radical (unpaired) electrons. The van der Waals surface area contributed by atoms with E-state index in [1.54, 1.807) is 12.3 Å². The molecule has 1 aliphatic heterocycles. The number of halogens is 1. The van der Waals surface area contributed by atoms with Gasteiger partial charge in [0.25, 0.3) is 5.91 Å². The summed E-state index contributed by atoms with van der Waals surface area (Å²) in [5.74, 6) is -0.114. The number of ether oxygens (including phenoxy) is 1. The van der Waals surface area contributed by atoms with Crippen molar-refractivity contribution in [3.05, 3.63) is 28.5 Å². The molecule has 1 fully saturated rings. The van der Waals surface area contributed by atoms with Gasteiger partial charge in [-0.2, -0.15) is 0 Å². The molecule has 1 N–H and O–H groups in total. The summed E-state index contributed by atoms with van der Waals surface area (Å²) in [7, 11) is 0. The standard InChI is InChI=1S/C12H15BrN2O2/c1-8-6-10(4-5-17-8)15-12(16)11-3-2-9(13)7-14-11/h2-3,7-8,10H,4-6H2,1H3,(H,15,16). The number of nitrogens with one attached hydrogen (secondary N) is 1. The SMILES string of the molecule is CC1CC(NC(=O)c2ccc(Br)cn2)CCO1. The highest BCUT2D eigenvalue weighted by molar-refractivity contribution is 9.10. The summed E-state index contributed by atoms with van der Waals surface area (Å²) >= 11 is 3.29. The van der Waals surface area contributed by atoms with Crippen LogP contribution in [0.25, 0.3) is 0 Å². The van der Waals surface area contributed by atoms with Gasteiger partial charge in [-0.25, -0.2) is 4.98 Å². The minimum Gasteiger partial charge on any atom is -0.378 e. The fourth-order valence-electron chi connectivity index (χ4n) is 1.90. The van der Waals surface area contributed by atoms with E-state index >= 15 is 0 Å². The number of nitrogens with zero attached hydrogens (tertiary/aromatic N) is 1. The third kappa shape index (κ3) is 3.51. The molecule has 1 aliphatic rings. The summed E-state index contributed by atoms with van der Waals surface area (Å²) in [6, 6.07) is 3.72. The topological polar surface area (TPSA) is 51.2 Å². The predicted molar refractivity (Wildman–Crippen MR) is 67.8 cm³/mol. The van der Waals surface area contributed by atoms with Crippen LogP contribution >= 0.6 is 15.9 Å². The van der Waals surface area contributed by atoms with Gasteiger partial charge in [0.15, 0.2) is 0 Å². The number of carbonyl (C=O) groups is 1. The molecule has 92 valence electrons. The van der Waals surface area contributed by atoms with Gasteiger partial charge in [0.1, 0.15) is 5.69 Å². The number of pyridine rings is 1. The molecule has 1 saturated heterocycles. The van der Waals surface area contributed by atoms with Gasteiger partial charge in [0.2, 0.25) is 0 Å². The van der Waals surface area contributed by atoms with Crippen LogP contribution in [0.3, 0.4) is 0 Å². The number of amides is 1. The first kappa shape index (κ1) is 12.5. The van der Waals surface area contributed by atoms with Crippen molar-refractivity contribution in [1.29, 1.82) is 0 Å². The van der Waals surface area contributed by atoms with Crippen molar-refractivity contribution in [3.8, 4) is 0 Å². The maximum absolute atomic E-state index is 11.9. The molecule has 17 heavy (non-hydrogen) atoms. The second-order valence-electron chi connectivity index (χ2n) is 4.24. The Morgan fingerprint density at radius 3 is 3.06 bits per heavy atom. The van der Waals surface area contributed by atoms with Crippen LogP contribution in [0.4, 0.5) is 0 Å². The quantitative estimate of drug-likeness (QED) is 0.910. The van der Waals surface area contributed by atoms with Crippen LogP contribution < -0.4 is 5.32 Å². The van der Waals surface area contributed by atoms with Crippen molar-refractivity contribution >= 4 is 21.8 Å². The van der Waals surface area contributed by atoms with Gasteiger partial charge in [-0.05, 0) is 47.8 Å². The third-order valence-corrected chi connectivity index (χ3v) is 3.25. The number of carbonyl (C=O) groups excluding carboxylic acids is 1. The first-order chi connectivity index (χ1) is 8.15. The molecule has 0 saturated carbocycles. The Morgan fingerprint density at radius 2 is 2.41 bits per heavy atom. The van der Waals surface area contributed by atoms with Crippen LogP contribution in [0, 0.1) is 0 Å². The molecule has 5 heteroatoms. The average molecular weight is 299 g/mol. The molecule has 1 aromatic heterocycles. The second-order valence-corrected chi connectivity index (χ2v) is 5.15. The van der Waals surface area contributed by atoms with Gasteiger partial charge < -0.3 is 10.1 Å². The first-order valence-electron chi connectivity index (χ1n) is 5.69. The van der Waals surface area contributed by atoms with E-state index in [4.69, 9.17) is 4.74 Å². The summed E-state index contributed by atoms with van der Waals surface area (Å²) in [6.45, 7) is 2.73. The Kier molecular flexibility index (Phi) is 4.12. The molecule has 0 spiro atoms. The smallest absolute Gasteiger partial charge is 0.270 e. The van der Waals surface area contributed by atoms with E-state index in [9.17, 15) is 4.79 Å². The lowest BCUT2D eigenvalue weighted by Crippen LogP contribution is -2.41. The number of rotatable bonds is 2. The van der Waals surface area contributed by atoms with Crippen molar-refractivity contribution in [2.24, 2.45) is 0 Å². The first-order valence-corrected chi connectivity index (χ1v) is 6.48. The van der Waals surface area contributed by atoms with Crippen LogP contribution in [-0.4, -0.2) is 29.6 Å². The zero-order valence-electron chi connectivity index (χ0n) is 9.65. The largest absolute Gasteiger partial charge is 0.378 e. The summed E-state index contributed by atoms with van der Waals surface area (Å²) in [6.07, 6.45) is 3.57. The molecule has 1 amide bonds. The second kappa shape index (κ2) is 5.60. The van der Waals surface area contributed by atoms with Crippen molar-refractivity contribution in [2.75, 3.05) is 6.61 Å². The summed E-state index contributed by atoms with van der Waals surface area (Å²) in [4.78, 5) is 16.0. The molecule has 4 nitrogen and oxygen atoms in total. The van der Waals surface area contributed by atoms with Crippen molar-refractivity contribution in [1.82, 2.24) is 10.3 Å². The minimum atomic E-state index is -0.114. The van der Waals surface area contributed by atoms with Crippen molar-refractivity contribution < 1.29 is 9.53 Å². The number of aromatic nitrogens is 1. The molecule has 2 atom stereocenters. The van der Waals surface area contributed by atoms with Gasteiger partial charge in [0, 0.05) is 23.3 Å². The molecule has 0 aliphatic carbocycles. The van der Waals surface area contributed by atoms with Crippen LogP contribution in [0.1, 0.15) is 30.3 Å². The Hall–Kier alpha value is -0.940. The zero-order chi connectivity index (χ0) is 12.3. The van der Waals surface area contributed by atoms with E-state index in [2.05, 4.69) is 26.2 Å². The van der Waals surface area contributed by atoms with E-state index in [-0.39, 0.29) is 18.1 Å². The van der Waals surface area contributed by atoms with E-state index in [0.717, 1.165) is 17.3 Å². The van der Waals surface area contributed by atoms with E-state index in [0.29, 0.717) is 12.3 Å². The predicted octanol–water partition coefficient (Wildman–Crippen LogP) is 2.14. The molecule has 2 heterocycles. The third-order valence-electron chi connectivity index (χ3n) is 2.78. The molecular weight excluding hydrogens is 284 g/mol. The number of hydrogen-bond acceptors (Lipinski definition) is 3. The summed E-state index contributed by atoms with van der Waals surface area (Å²) in [5.41, 5.74) is 0.451. The van der Waals surface area contributed by atoms with Gasteiger partial charge >= 0.3 is 0 Å². The van der Waals surface area contributed by atoms with Gasteiger partial charge in [-0.15, -0.1) is 0 Å². The zero-order valence-corrected chi connectivity index (χ0v) is 11.2. The van der Waals surface area contributed by atoms with Crippen LogP contribution in [-0.2, 0) is 4.74 Å². The Balaban J connectivity index is 1.94. The van der Waals surface area contributed by atoms with Gasteiger partial charge in [-0.3, -0.25) is 4.79 Å². The lowest BCUT2D eigenvalue weighted by atomic mass is 10.0. The molecular formula is C12H15BrN2O2. The maximum Gasteiger partial charge on any atom is 0.270 e. The highest BCUT2D eigenvalue weighted by Gasteiger charge is 2.21. The van der Waals surface area contributed by atoms with E-state index in [1.165, 1.54) is 0 Å². The Labute approximate surface area is 109 Å². The minimum absolute atomic E-state index is 0.114. The van der Waals surface area contributed by atoms with Crippen LogP contribution in [0.15, 0.2) is 22.8 Å². The van der Waals surface area contributed by atoms with Crippen LogP contribution in [0.2, 0.25) is 0 Å². The summed E-state index contributed by atoms with van der Waals surface area (Å²) < 4.78 is 6.31. The average Bonchev–Trinajstić information content (AvgIpc) is 2.29. The Morgan fingerprint density at radius 1 is 1.59 bits per heavy atom. The molecule has 0 aromatic carbocycles. The lowest BCUT2D eigenvalue weighted by Gasteiger charge is -2.27. The molecule has 2 rings (SSSR count). The monoisotopic (exact) mass is 298 g/mol. The fourth-order valence-corrected chi connectivity index (χ4v) is 2.13. The number of hydrogen-bond donors (Lipinski definition) is 1. The molecule has 2 unspecified atom stereocenters. The highest BCUT2D eigenvalue weighted by atomic mass is 79.9. The van der Waals surface area contributed by atoms with Crippen molar-refractivity contribution in [3.63, 3.8) is 0 Å². The van der Waals surface area contributed by atoms with Gasteiger partial charge in [-0.1, -0.05) is 0 Å². The fraction of sp³-hybridized carbons (Fsp3) is 0.500. The van der Waals surface area contributed by atoms with Crippen LogP contribution in [0.5, 0.6) is 0 Å². The lowest BCUT2D eigenvalue weighted by molar-refractivity contribution is 0.0136. The van der Waals surface area contributed by atoms with Gasteiger partial charge in [0.05, 0.1) is 6.10 Å². The molecule has 0 bridgehead atoms. The van der Waals surface area contributed by atoms with Crippen molar-refractivity contribution in [2.45, 2.75) is 31.9 Å². The highest BCUT2D eigenvalue weighted by Crippen LogP contribution is 2.14. The van der Waals surface area contributed by atoms with E-state index < -0.39 is 0 Å². The van der Waals surface area contributed by atoms with E-state index in [1.807, 2.05) is 13.0 Å². The maximum atomic E-state index is 11.9. The Bertz CT molecular complexity index is 394. The molecule has 1 aromatic rings.